The minimum atomic E-state index is 0.884. The third-order valence-electron chi connectivity index (χ3n) is 15.7. The van der Waals surface area contributed by atoms with Crippen molar-refractivity contribution in [1.29, 1.82) is 0 Å². The van der Waals surface area contributed by atoms with E-state index in [1.807, 2.05) is 0 Å². The highest BCUT2D eigenvalue weighted by Crippen LogP contribution is 2.49. The highest BCUT2D eigenvalue weighted by molar-refractivity contribution is 6.25. The number of hydrogen-bond donors (Lipinski definition) is 0. The van der Waals surface area contributed by atoms with E-state index in [9.17, 15) is 0 Å². The van der Waals surface area contributed by atoms with Crippen LogP contribution in [0.25, 0.3) is 149 Å². The number of imidazole rings is 1. The Morgan fingerprint density at radius 1 is 0.221 bits per heavy atom. The zero-order valence-corrected chi connectivity index (χ0v) is 42.1. The zero-order valence-electron chi connectivity index (χ0n) is 42.1. The predicted octanol–water partition coefficient (Wildman–Crippen LogP) is 20.5. The van der Waals surface area contributed by atoms with Crippen molar-refractivity contribution in [2.24, 2.45) is 0 Å². The molecule has 15 aromatic rings. The van der Waals surface area contributed by atoms with Gasteiger partial charge in [-0.25, -0.2) is 4.98 Å². The van der Waals surface area contributed by atoms with Crippen LogP contribution < -0.4 is 0 Å². The van der Waals surface area contributed by atoms with Crippen molar-refractivity contribution in [2.45, 2.75) is 0 Å². The van der Waals surface area contributed by atoms with Gasteiger partial charge in [0, 0.05) is 22.4 Å². The summed E-state index contributed by atoms with van der Waals surface area (Å²) in [6.07, 6.45) is 0. The van der Waals surface area contributed by atoms with Gasteiger partial charge in [-0.15, -0.1) is 0 Å². The molecule has 0 aliphatic carbocycles. The molecular weight excluding hydrogens is 929 g/mol. The fourth-order valence-electron chi connectivity index (χ4n) is 12.3. The van der Waals surface area contributed by atoms with Crippen LogP contribution in [0.5, 0.6) is 0 Å². The molecule has 1 heterocycles. The summed E-state index contributed by atoms with van der Waals surface area (Å²) in [4.78, 5) is 5.61. The first-order valence-corrected chi connectivity index (χ1v) is 26.5. The number of rotatable bonds is 8. The van der Waals surface area contributed by atoms with Gasteiger partial charge in [0.25, 0.3) is 0 Å². The lowest BCUT2D eigenvalue weighted by molar-refractivity contribution is 1.07. The van der Waals surface area contributed by atoms with E-state index in [-0.39, 0.29) is 0 Å². The maximum absolute atomic E-state index is 5.61. The molecule has 0 radical (unpaired) electrons. The normalized spacial score (nSPS) is 11.6. The summed E-state index contributed by atoms with van der Waals surface area (Å²) in [7, 11) is 0. The van der Waals surface area contributed by atoms with Crippen LogP contribution in [0, 0.1) is 0 Å². The van der Waals surface area contributed by atoms with E-state index in [0.717, 1.165) is 45.2 Å². The van der Waals surface area contributed by atoms with Crippen LogP contribution in [0.2, 0.25) is 0 Å². The molecule has 0 bridgehead atoms. The maximum Gasteiger partial charge on any atom is 0.145 e. The lowest BCUT2D eigenvalue weighted by Crippen LogP contribution is -2.00. The highest BCUT2D eigenvalue weighted by Gasteiger charge is 2.25. The second kappa shape index (κ2) is 18.3. The van der Waals surface area contributed by atoms with Crippen molar-refractivity contribution in [1.82, 2.24) is 9.55 Å². The average molecular weight is 977 g/mol. The summed E-state index contributed by atoms with van der Waals surface area (Å²) >= 11 is 0. The Morgan fingerprint density at radius 2 is 0.584 bits per heavy atom. The molecule has 77 heavy (non-hydrogen) atoms. The SMILES string of the molecule is c1ccc(-c2nc(-c3cccc(-c4c5ccccc5c(-c5ccc6c(-c7ccc8ccccc8c7)c7ccccc7c(-c7ccc8ccccc8c7)c6c5)c5ccccc45)c3)n(-c3ccccc3)c2-c2ccccc2)cc1. The van der Waals surface area contributed by atoms with E-state index in [1.165, 1.54) is 104 Å². The van der Waals surface area contributed by atoms with Crippen LogP contribution in [0.1, 0.15) is 0 Å². The molecule has 0 spiro atoms. The molecule has 15 rings (SSSR count). The fourth-order valence-corrected chi connectivity index (χ4v) is 12.3. The second-order valence-corrected chi connectivity index (χ2v) is 20.1. The summed E-state index contributed by atoms with van der Waals surface area (Å²) in [5.74, 6) is 0.884. The number of para-hydroxylation sites is 1. The zero-order chi connectivity index (χ0) is 50.8. The molecule has 0 N–H and O–H groups in total. The average Bonchev–Trinajstić information content (AvgIpc) is 4.05. The molecule has 14 aromatic carbocycles. The van der Waals surface area contributed by atoms with Crippen LogP contribution in [-0.4, -0.2) is 9.55 Å². The number of benzene rings is 14. The third kappa shape index (κ3) is 7.45. The van der Waals surface area contributed by atoms with Crippen molar-refractivity contribution >= 4 is 64.6 Å². The minimum absolute atomic E-state index is 0.884. The molecule has 2 nitrogen and oxygen atoms in total. The largest absolute Gasteiger partial charge is 0.292 e. The van der Waals surface area contributed by atoms with Gasteiger partial charge in [0.15, 0.2) is 0 Å². The van der Waals surface area contributed by atoms with E-state index in [4.69, 9.17) is 4.98 Å². The Bertz CT molecular complexity index is 4720. The minimum Gasteiger partial charge on any atom is -0.292 e. The standard InChI is InChI=1S/C75H48N2/c1-4-23-51(24-5-1)73-74(52-25-6-2-7-26-52)77(60-31-8-3-9-32-60)75(76-73)59-30-20-29-55(47-59)69-61-33-14-16-35-63(61)71(64-36-17-15-34-62(64)69)58-43-44-67-68(48-58)72(57-42-40-50-22-11-13-28-54(50)46-57)66-38-19-18-37-65(66)70(67)56-41-39-49-21-10-12-27-53(49)45-56/h1-48H. The van der Waals surface area contributed by atoms with E-state index in [2.05, 4.69) is 296 Å². The number of nitrogens with zero attached hydrogens (tertiary/aromatic N) is 2. The van der Waals surface area contributed by atoms with Crippen LogP contribution in [0.15, 0.2) is 291 Å². The Hall–Kier alpha value is -10.2. The molecule has 0 atom stereocenters. The van der Waals surface area contributed by atoms with Crippen molar-refractivity contribution < 1.29 is 0 Å². The fraction of sp³-hybridized carbons (Fsp3) is 0. The van der Waals surface area contributed by atoms with E-state index >= 15 is 0 Å². The van der Waals surface area contributed by atoms with Crippen LogP contribution in [0.3, 0.4) is 0 Å². The molecular formula is C75H48N2. The lowest BCUT2D eigenvalue weighted by Gasteiger charge is -2.21. The van der Waals surface area contributed by atoms with E-state index in [1.54, 1.807) is 0 Å². The Balaban J connectivity index is 0.974. The molecule has 0 amide bonds. The maximum atomic E-state index is 5.61. The van der Waals surface area contributed by atoms with Gasteiger partial charge in [0.05, 0.1) is 11.4 Å². The number of hydrogen-bond acceptors (Lipinski definition) is 1. The van der Waals surface area contributed by atoms with Gasteiger partial charge in [-0.2, -0.15) is 0 Å². The first kappa shape index (κ1) is 44.3. The first-order valence-electron chi connectivity index (χ1n) is 26.5. The molecule has 0 unspecified atom stereocenters. The molecule has 2 heteroatoms. The molecule has 1 aromatic heterocycles. The van der Waals surface area contributed by atoms with Gasteiger partial charge in [0.1, 0.15) is 5.82 Å². The van der Waals surface area contributed by atoms with E-state index < -0.39 is 0 Å². The summed E-state index contributed by atoms with van der Waals surface area (Å²) in [6.45, 7) is 0. The summed E-state index contributed by atoms with van der Waals surface area (Å²) < 4.78 is 2.34. The Labute approximate surface area is 447 Å². The molecule has 0 aliphatic heterocycles. The smallest absolute Gasteiger partial charge is 0.145 e. The van der Waals surface area contributed by atoms with Gasteiger partial charge in [0.2, 0.25) is 0 Å². The van der Waals surface area contributed by atoms with Gasteiger partial charge < -0.3 is 0 Å². The molecule has 0 saturated carbocycles. The van der Waals surface area contributed by atoms with Crippen LogP contribution in [0.4, 0.5) is 0 Å². The lowest BCUT2D eigenvalue weighted by atomic mass is 9.82. The van der Waals surface area contributed by atoms with Crippen molar-refractivity contribution in [3.05, 3.63) is 291 Å². The quantitative estimate of drug-likeness (QED) is 0.139. The highest BCUT2D eigenvalue weighted by atomic mass is 15.1. The van der Waals surface area contributed by atoms with Crippen LogP contribution in [-0.2, 0) is 0 Å². The molecule has 0 saturated heterocycles. The summed E-state index contributed by atoms with van der Waals surface area (Å²) in [5.41, 5.74) is 15.9. The monoisotopic (exact) mass is 976 g/mol. The Morgan fingerprint density at radius 3 is 1.10 bits per heavy atom. The Kier molecular flexibility index (Phi) is 10.6. The molecule has 358 valence electrons. The predicted molar refractivity (Wildman–Crippen MR) is 327 cm³/mol. The summed E-state index contributed by atoms with van der Waals surface area (Å²) in [5, 5.41) is 14.7. The molecule has 0 fully saturated rings. The van der Waals surface area contributed by atoms with Crippen molar-refractivity contribution in [3.63, 3.8) is 0 Å². The number of aromatic nitrogens is 2. The molecule has 0 aliphatic rings. The topological polar surface area (TPSA) is 17.8 Å². The van der Waals surface area contributed by atoms with Gasteiger partial charge >= 0.3 is 0 Å². The van der Waals surface area contributed by atoms with Crippen molar-refractivity contribution in [2.75, 3.05) is 0 Å². The van der Waals surface area contributed by atoms with Crippen LogP contribution >= 0.6 is 0 Å². The summed E-state index contributed by atoms with van der Waals surface area (Å²) in [6, 6.07) is 107. The first-order chi connectivity index (χ1) is 38.2. The van der Waals surface area contributed by atoms with Gasteiger partial charge in [-0.1, -0.05) is 255 Å². The van der Waals surface area contributed by atoms with Gasteiger partial charge in [-0.3, -0.25) is 4.57 Å². The third-order valence-corrected chi connectivity index (χ3v) is 15.7. The van der Waals surface area contributed by atoms with E-state index in [0.29, 0.717) is 0 Å². The second-order valence-electron chi connectivity index (χ2n) is 20.1. The van der Waals surface area contributed by atoms with Crippen molar-refractivity contribution in [3.8, 4) is 84.1 Å². The van der Waals surface area contributed by atoms with Gasteiger partial charge in [-0.05, 0) is 146 Å². The number of fused-ring (bicyclic) bond motifs is 6.